The van der Waals surface area contributed by atoms with Crippen LogP contribution < -0.4 is 4.90 Å². The Hall–Kier alpha value is -2.91. The summed E-state index contributed by atoms with van der Waals surface area (Å²) in [5.41, 5.74) is 1.80. The number of thiazole rings is 1. The Balaban J connectivity index is 1.35. The second kappa shape index (κ2) is 8.85. The number of thioether (sulfide) groups is 1. The Kier molecular flexibility index (Phi) is 6.01. The predicted octanol–water partition coefficient (Wildman–Crippen LogP) is 4.29. The van der Waals surface area contributed by atoms with E-state index in [4.69, 9.17) is 4.98 Å². The smallest absolute Gasteiger partial charge is 0.269 e. The number of nitro groups is 1. The van der Waals surface area contributed by atoms with E-state index in [2.05, 4.69) is 29.4 Å². The molecule has 1 amide bonds. The Bertz CT molecular complexity index is 1100. The van der Waals surface area contributed by atoms with Crippen molar-refractivity contribution in [2.45, 2.75) is 4.90 Å². The van der Waals surface area contributed by atoms with Gasteiger partial charge in [-0.05, 0) is 48.2 Å². The van der Waals surface area contributed by atoms with E-state index < -0.39 is 4.92 Å². The van der Waals surface area contributed by atoms with E-state index in [1.54, 1.807) is 41.3 Å². The quantitative estimate of drug-likeness (QED) is 0.255. The highest BCUT2D eigenvalue weighted by atomic mass is 32.2. The van der Waals surface area contributed by atoms with Gasteiger partial charge in [0.15, 0.2) is 5.13 Å². The number of carbonyl (C=O) groups excluding carboxylic acids is 1. The Morgan fingerprint density at radius 2 is 1.90 bits per heavy atom. The average Bonchev–Trinajstić information content (AvgIpc) is 3.21. The maximum Gasteiger partial charge on any atom is 0.269 e. The summed E-state index contributed by atoms with van der Waals surface area (Å²) >= 11 is 3.41. The summed E-state index contributed by atoms with van der Waals surface area (Å²) in [6.07, 6.45) is 5.28. The highest BCUT2D eigenvalue weighted by Crippen LogP contribution is 2.32. The van der Waals surface area contributed by atoms with E-state index in [0.29, 0.717) is 13.1 Å². The lowest BCUT2D eigenvalue weighted by molar-refractivity contribution is -0.384. The molecule has 154 valence electrons. The molecular weight excluding hydrogens is 420 g/mol. The molecule has 1 aromatic heterocycles. The molecular formula is C21H20N4O3S2. The van der Waals surface area contributed by atoms with Crippen LogP contribution >= 0.6 is 23.1 Å². The molecule has 0 radical (unpaired) electrons. The number of rotatable bonds is 5. The minimum Gasteiger partial charge on any atom is -0.345 e. The molecule has 2 aromatic carbocycles. The Morgan fingerprint density at radius 1 is 1.17 bits per heavy atom. The number of anilines is 1. The van der Waals surface area contributed by atoms with Crippen molar-refractivity contribution in [3.8, 4) is 0 Å². The second-order valence-corrected chi connectivity index (χ2v) is 8.71. The van der Waals surface area contributed by atoms with Crippen molar-refractivity contribution in [2.75, 3.05) is 37.3 Å². The van der Waals surface area contributed by atoms with Crippen LogP contribution in [-0.2, 0) is 4.79 Å². The number of piperazine rings is 1. The molecule has 1 fully saturated rings. The fourth-order valence-electron chi connectivity index (χ4n) is 3.25. The number of non-ortho nitro benzene ring substituents is 1. The van der Waals surface area contributed by atoms with Crippen LogP contribution in [0.3, 0.4) is 0 Å². The van der Waals surface area contributed by atoms with Gasteiger partial charge in [-0.15, -0.1) is 11.8 Å². The predicted molar refractivity (Wildman–Crippen MR) is 122 cm³/mol. The number of amides is 1. The third-order valence-corrected chi connectivity index (χ3v) is 6.77. The number of hydrogen-bond acceptors (Lipinski definition) is 7. The highest BCUT2D eigenvalue weighted by Gasteiger charge is 2.22. The molecule has 2 heterocycles. The van der Waals surface area contributed by atoms with Crippen LogP contribution in [0.4, 0.5) is 10.8 Å². The van der Waals surface area contributed by atoms with Gasteiger partial charge in [0.2, 0.25) is 5.91 Å². The fraction of sp³-hybridized carbons (Fsp3) is 0.238. The van der Waals surface area contributed by atoms with Gasteiger partial charge in [-0.25, -0.2) is 4.98 Å². The lowest BCUT2D eigenvalue weighted by Crippen LogP contribution is -2.48. The molecule has 7 nitrogen and oxygen atoms in total. The summed E-state index contributed by atoms with van der Waals surface area (Å²) in [7, 11) is 0. The van der Waals surface area contributed by atoms with E-state index >= 15 is 0 Å². The summed E-state index contributed by atoms with van der Waals surface area (Å²) in [6, 6.07) is 12.5. The number of aromatic nitrogens is 1. The zero-order chi connectivity index (χ0) is 21.1. The molecule has 0 N–H and O–H groups in total. The first-order chi connectivity index (χ1) is 14.5. The molecule has 3 aromatic rings. The normalized spacial score (nSPS) is 14.6. The van der Waals surface area contributed by atoms with Crippen LogP contribution in [0, 0.1) is 10.1 Å². The third-order valence-electron chi connectivity index (χ3n) is 4.97. The average molecular weight is 441 g/mol. The topological polar surface area (TPSA) is 79.6 Å². The summed E-state index contributed by atoms with van der Waals surface area (Å²) in [4.78, 5) is 32.8. The molecule has 0 unspecified atom stereocenters. The van der Waals surface area contributed by atoms with Crippen LogP contribution in [-0.4, -0.2) is 53.1 Å². The number of hydrogen-bond donors (Lipinski definition) is 0. The first kappa shape index (κ1) is 20.4. The summed E-state index contributed by atoms with van der Waals surface area (Å²) < 4.78 is 1.18. The first-order valence-corrected chi connectivity index (χ1v) is 11.5. The molecule has 9 heteroatoms. The second-order valence-electron chi connectivity index (χ2n) is 6.82. The number of nitrogens with zero attached hydrogens (tertiary/aromatic N) is 4. The zero-order valence-electron chi connectivity index (χ0n) is 16.4. The zero-order valence-corrected chi connectivity index (χ0v) is 18.0. The van der Waals surface area contributed by atoms with Crippen molar-refractivity contribution < 1.29 is 9.72 Å². The van der Waals surface area contributed by atoms with Crippen molar-refractivity contribution in [3.63, 3.8) is 0 Å². The lowest BCUT2D eigenvalue weighted by Gasteiger charge is -2.34. The number of nitro benzene ring substituents is 1. The van der Waals surface area contributed by atoms with E-state index in [1.165, 1.54) is 27.8 Å². The van der Waals surface area contributed by atoms with Crippen molar-refractivity contribution in [1.82, 2.24) is 9.88 Å². The Morgan fingerprint density at radius 3 is 2.57 bits per heavy atom. The van der Waals surface area contributed by atoms with Crippen molar-refractivity contribution in [1.29, 1.82) is 0 Å². The number of benzene rings is 2. The van der Waals surface area contributed by atoms with Crippen molar-refractivity contribution in [3.05, 3.63) is 64.2 Å². The molecule has 1 aliphatic rings. The molecule has 0 bridgehead atoms. The van der Waals surface area contributed by atoms with Gasteiger partial charge in [0, 0.05) is 49.3 Å². The van der Waals surface area contributed by atoms with E-state index in [-0.39, 0.29) is 11.6 Å². The van der Waals surface area contributed by atoms with Gasteiger partial charge in [0.05, 0.1) is 15.1 Å². The SMILES string of the molecule is CSc1ccc2nc(N3CCN(C(=O)C=Cc4ccc([N+](=O)[O-])cc4)CC3)sc2c1. The van der Waals surface area contributed by atoms with Crippen LogP contribution in [0.15, 0.2) is 53.4 Å². The largest absolute Gasteiger partial charge is 0.345 e. The minimum absolute atomic E-state index is 0.0362. The van der Waals surface area contributed by atoms with Gasteiger partial charge in [-0.1, -0.05) is 11.3 Å². The van der Waals surface area contributed by atoms with Gasteiger partial charge < -0.3 is 9.80 Å². The molecule has 1 saturated heterocycles. The van der Waals surface area contributed by atoms with Crippen LogP contribution in [0.25, 0.3) is 16.3 Å². The van der Waals surface area contributed by atoms with Crippen LogP contribution in [0.5, 0.6) is 0 Å². The molecule has 30 heavy (non-hydrogen) atoms. The van der Waals surface area contributed by atoms with E-state index in [1.807, 2.05) is 4.90 Å². The fourth-order valence-corrected chi connectivity index (χ4v) is 4.82. The minimum atomic E-state index is -0.439. The van der Waals surface area contributed by atoms with Gasteiger partial charge in [-0.2, -0.15) is 0 Å². The van der Waals surface area contributed by atoms with Gasteiger partial charge >= 0.3 is 0 Å². The maximum absolute atomic E-state index is 12.5. The number of fused-ring (bicyclic) bond motifs is 1. The maximum atomic E-state index is 12.5. The number of carbonyl (C=O) groups is 1. The lowest BCUT2D eigenvalue weighted by atomic mass is 10.2. The highest BCUT2D eigenvalue weighted by molar-refractivity contribution is 7.98. The molecule has 0 saturated carbocycles. The van der Waals surface area contributed by atoms with Gasteiger partial charge in [0.1, 0.15) is 0 Å². The van der Waals surface area contributed by atoms with Crippen molar-refractivity contribution in [2.24, 2.45) is 0 Å². The summed E-state index contributed by atoms with van der Waals surface area (Å²) in [6.45, 7) is 2.75. The van der Waals surface area contributed by atoms with Gasteiger partial charge in [-0.3, -0.25) is 14.9 Å². The molecule has 1 aliphatic heterocycles. The van der Waals surface area contributed by atoms with Gasteiger partial charge in [0.25, 0.3) is 5.69 Å². The van der Waals surface area contributed by atoms with Crippen molar-refractivity contribution >= 4 is 56.1 Å². The standard InChI is InChI=1S/C21H20N4O3S2/c1-29-17-7-8-18-19(14-17)30-21(22-18)24-12-10-23(11-13-24)20(26)9-4-15-2-5-16(6-3-15)25(27)28/h2-9,14H,10-13H2,1H3. The third kappa shape index (κ3) is 4.47. The monoisotopic (exact) mass is 440 g/mol. The van der Waals surface area contributed by atoms with Crippen LogP contribution in [0.2, 0.25) is 0 Å². The van der Waals surface area contributed by atoms with E-state index in [0.717, 1.165) is 29.3 Å². The summed E-state index contributed by atoms with van der Waals surface area (Å²) in [5, 5.41) is 11.7. The first-order valence-electron chi connectivity index (χ1n) is 9.44. The van der Waals surface area contributed by atoms with E-state index in [9.17, 15) is 14.9 Å². The molecule has 4 rings (SSSR count). The Labute approximate surface area is 182 Å². The van der Waals surface area contributed by atoms with Crippen LogP contribution in [0.1, 0.15) is 5.56 Å². The molecule has 0 aliphatic carbocycles. The molecule has 0 atom stereocenters. The summed E-state index contributed by atoms with van der Waals surface area (Å²) in [5.74, 6) is -0.0538. The molecule has 0 spiro atoms.